The van der Waals surface area contributed by atoms with Crippen molar-refractivity contribution in [3.8, 4) is 6.07 Å². The van der Waals surface area contributed by atoms with Gasteiger partial charge in [-0.2, -0.15) is 10.5 Å². The maximum atomic E-state index is 8.94. The van der Waals surface area contributed by atoms with Crippen molar-refractivity contribution in [2.45, 2.75) is 6.92 Å². The van der Waals surface area contributed by atoms with Gasteiger partial charge in [0.1, 0.15) is 17.5 Å². The number of nitriles is 1. The van der Waals surface area contributed by atoms with Crippen molar-refractivity contribution in [1.29, 1.82) is 5.26 Å². The topological polar surface area (TPSA) is 103 Å². The van der Waals surface area contributed by atoms with Crippen LogP contribution in [0.1, 0.15) is 11.4 Å². The Morgan fingerprint density at radius 3 is 3.12 bits per heavy atom. The SMILES string of the molecule is Cc1cccnc1N/C=C(\C#N)c1nn[nH]n1. The first-order valence-electron chi connectivity index (χ1n) is 4.83. The summed E-state index contributed by atoms with van der Waals surface area (Å²) >= 11 is 0. The summed E-state index contributed by atoms with van der Waals surface area (Å²) < 4.78 is 0. The van der Waals surface area contributed by atoms with Crippen LogP contribution in [0.5, 0.6) is 0 Å². The Morgan fingerprint density at radius 2 is 2.47 bits per heavy atom. The predicted molar refractivity (Wildman–Crippen MR) is 60.4 cm³/mol. The average molecular weight is 227 g/mol. The number of nitrogens with zero attached hydrogens (tertiary/aromatic N) is 5. The molecule has 0 aliphatic heterocycles. The number of tetrazole rings is 1. The molecule has 0 amide bonds. The van der Waals surface area contributed by atoms with E-state index in [0.29, 0.717) is 5.82 Å². The van der Waals surface area contributed by atoms with Gasteiger partial charge in [-0.3, -0.25) is 0 Å². The van der Waals surface area contributed by atoms with E-state index in [9.17, 15) is 0 Å². The van der Waals surface area contributed by atoms with Gasteiger partial charge in [0.05, 0.1) is 0 Å². The van der Waals surface area contributed by atoms with Crippen LogP contribution in [-0.4, -0.2) is 25.6 Å². The minimum Gasteiger partial charge on any atom is -0.345 e. The summed E-state index contributed by atoms with van der Waals surface area (Å²) in [6, 6.07) is 5.74. The third kappa shape index (κ3) is 2.43. The first-order chi connectivity index (χ1) is 8.31. The molecule has 17 heavy (non-hydrogen) atoms. The Labute approximate surface area is 97.2 Å². The molecule has 2 heterocycles. The smallest absolute Gasteiger partial charge is 0.216 e. The highest BCUT2D eigenvalue weighted by Crippen LogP contribution is 2.11. The number of aryl methyl sites for hydroxylation is 1. The van der Waals surface area contributed by atoms with Crippen LogP contribution in [0.4, 0.5) is 5.82 Å². The third-order valence-corrected chi connectivity index (χ3v) is 2.07. The zero-order chi connectivity index (χ0) is 12.1. The minimum absolute atomic E-state index is 0.244. The Morgan fingerprint density at radius 1 is 1.59 bits per heavy atom. The van der Waals surface area contributed by atoms with E-state index < -0.39 is 0 Å². The molecule has 2 N–H and O–H groups in total. The van der Waals surface area contributed by atoms with Crippen LogP contribution >= 0.6 is 0 Å². The predicted octanol–water partition coefficient (Wildman–Crippen LogP) is 0.880. The van der Waals surface area contributed by atoms with Gasteiger partial charge in [-0.25, -0.2) is 4.98 Å². The lowest BCUT2D eigenvalue weighted by Crippen LogP contribution is -1.96. The summed E-state index contributed by atoms with van der Waals surface area (Å²) in [7, 11) is 0. The lowest BCUT2D eigenvalue weighted by Gasteiger charge is -2.02. The van der Waals surface area contributed by atoms with Gasteiger partial charge in [-0.15, -0.1) is 10.2 Å². The summed E-state index contributed by atoms with van der Waals surface area (Å²) in [5.74, 6) is 0.928. The second kappa shape index (κ2) is 4.85. The van der Waals surface area contributed by atoms with Gasteiger partial charge in [-0.1, -0.05) is 6.07 Å². The number of hydrogen-bond acceptors (Lipinski definition) is 6. The van der Waals surface area contributed by atoms with Crippen molar-refractivity contribution < 1.29 is 0 Å². The van der Waals surface area contributed by atoms with Crippen molar-refractivity contribution in [3.63, 3.8) is 0 Å². The number of rotatable bonds is 3. The molecule has 2 aromatic heterocycles. The summed E-state index contributed by atoms with van der Waals surface area (Å²) in [6.45, 7) is 1.92. The molecule has 0 aliphatic carbocycles. The molecule has 0 fully saturated rings. The van der Waals surface area contributed by atoms with E-state index in [1.165, 1.54) is 6.20 Å². The van der Waals surface area contributed by atoms with Gasteiger partial charge in [0.2, 0.25) is 5.82 Å². The number of pyridine rings is 1. The van der Waals surface area contributed by atoms with Gasteiger partial charge < -0.3 is 5.32 Å². The van der Waals surface area contributed by atoms with Crippen molar-refractivity contribution in [2.24, 2.45) is 0 Å². The van der Waals surface area contributed by atoms with Crippen molar-refractivity contribution >= 4 is 11.4 Å². The largest absolute Gasteiger partial charge is 0.345 e. The van der Waals surface area contributed by atoms with Crippen molar-refractivity contribution in [2.75, 3.05) is 5.32 Å². The highest BCUT2D eigenvalue weighted by Gasteiger charge is 2.05. The summed E-state index contributed by atoms with van der Waals surface area (Å²) in [6.07, 6.45) is 3.17. The molecule has 2 aromatic rings. The minimum atomic E-state index is 0.244. The number of hydrogen-bond donors (Lipinski definition) is 2. The number of nitrogens with one attached hydrogen (secondary N) is 2. The molecular formula is C10H9N7. The Balaban J connectivity index is 2.21. The number of H-pyrrole nitrogens is 1. The second-order valence-corrected chi connectivity index (χ2v) is 3.22. The molecule has 7 heteroatoms. The quantitative estimate of drug-likeness (QED) is 0.754. The Bertz CT molecular complexity index is 565. The fourth-order valence-electron chi connectivity index (χ4n) is 1.20. The van der Waals surface area contributed by atoms with Gasteiger partial charge in [0, 0.05) is 12.4 Å². The fourth-order valence-corrected chi connectivity index (χ4v) is 1.20. The highest BCUT2D eigenvalue weighted by atomic mass is 15.5. The molecule has 0 unspecified atom stereocenters. The molecule has 0 aliphatic rings. The average Bonchev–Trinajstić information content (AvgIpc) is 2.86. The standard InChI is InChI=1S/C10H9N7/c1-7-3-2-4-12-9(7)13-6-8(5-11)10-14-16-17-15-10/h2-4,6H,1H3,(H,12,13)(H,14,15,16,17)/b8-6+. The zero-order valence-corrected chi connectivity index (χ0v) is 9.05. The maximum Gasteiger partial charge on any atom is 0.216 e. The van der Waals surface area contributed by atoms with Gasteiger partial charge >= 0.3 is 0 Å². The van der Waals surface area contributed by atoms with E-state index in [0.717, 1.165) is 5.56 Å². The Hall–Kier alpha value is -2.75. The van der Waals surface area contributed by atoms with Gasteiger partial charge in [0.15, 0.2) is 0 Å². The van der Waals surface area contributed by atoms with E-state index >= 15 is 0 Å². The number of aromatic amines is 1. The first kappa shape index (κ1) is 10.8. The molecule has 7 nitrogen and oxygen atoms in total. The van der Waals surface area contributed by atoms with Crippen LogP contribution in [0, 0.1) is 18.3 Å². The number of allylic oxidation sites excluding steroid dienone is 1. The van der Waals surface area contributed by atoms with Crippen LogP contribution in [0.25, 0.3) is 5.57 Å². The molecule has 0 bridgehead atoms. The van der Waals surface area contributed by atoms with Gasteiger partial charge in [-0.05, 0) is 23.8 Å². The van der Waals surface area contributed by atoms with Crippen LogP contribution in [-0.2, 0) is 0 Å². The maximum absolute atomic E-state index is 8.94. The Kier molecular flexibility index (Phi) is 3.07. The number of aromatic nitrogens is 5. The molecule has 0 saturated carbocycles. The second-order valence-electron chi connectivity index (χ2n) is 3.22. The van der Waals surface area contributed by atoms with Crippen LogP contribution in [0.15, 0.2) is 24.5 Å². The molecule has 2 rings (SSSR count). The van der Waals surface area contributed by atoms with E-state index in [2.05, 4.69) is 30.9 Å². The molecule has 0 spiro atoms. The van der Waals surface area contributed by atoms with Crippen molar-refractivity contribution in [3.05, 3.63) is 35.9 Å². The van der Waals surface area contributed by atoms with Crippen molar-refractivity contribution in [1.82, 2.24) is 25.6 Å². The molecule has 0 saturated heterocycles. The van der Waals surface area contributed by atoms with E-state index in [4.69, 9.17) is 5.26 Å². The molecule has 0 radical (unpaired) electrons. The normalized spacial score (nSPS) is 10.9. The summed E-state index contributed by atoms with van der Waals surface area (Å²) in [4.78, 5) is 4.14. The highest BCUT2D eigenvalue weighted by molar-refractivity contribution is 5.73. The monoisotopic (exact) mass is 227 g/mol. The lowest BCUT2D eigenvalue weighted by molar-refractivity contribution is 0.881. The van der Waals surface area contributed by atoms with Gasteiger partial charge in [0.25, 0.3) is 0 Å². The van der Waals surface area contributed by atoms with Crippen LogP contribution in [0.2, 0.25) is 0 Å². The van der Waals surface area contributed by atoms with E-state index in [-0.39, 0.29) is 11.4 Å². The summed E-state index contributed by atoms with van der Waals surface area (Å²) in [5.41, 5.74) is 1.26. The molecular weight excluding hydrogens is 218 g/mol. The molecule has 84 valence electrons. The lowest BCUT2D eigenvalue weighted by atomic mass is 10.3. The third-order valence-electron chi connectivity index (χ3n) is 2.07. The first-order valence-corrected chi connectivity index (χ1v) is 4.83. The zero-order valence-electron chi connectivity index (χ0n) is 9.05. The molecule has 0 atom stereocenters. The van der Waals surface area contributed by atoms with Crippen LogP contribution < -0.4 is 5.32 Å². The fraction of sp³-hybridized carbons (Fsp3) is 0.100. The number of anilines is 1. The van der Waals surface area contributed by atoms with Crippen LogP contribution in [0.3, 0.4) is 0 Å². The summed E-state index contributed by atoms with van der Waals surface area (Å²) in [5, 5.41) is 25.0. The van der Waals surface area contributed by atoms with E-state index in [1.54, 1.807) is 6.20 Å². The molecule has 0 aromatic carbocycles. The van der Waals surface area contributed by atoms with E-state index in [1.807, 2.05) is 25.1 Å².